The van der Waals surface area contributed by atoms with Crippen LogP contribution in [0, 0.1) is 6.57 Å². The Labute approximate surface area is 171 Å². The number of nitrogens with zero attached hydrogens (tertiary/aromatic N) is 4. The topological polar surface area (TPSA) is 70.6 Å². The van der Waals surface area contributed by atoms with Crippen LogP contribution in [0.5, 0.6) is 11.5 Å². The number of halogens is 2. The summed E-state index contributed by atoms with van der Waals surface area (Å²) in [5.74, 6) is 0.163. The normalized spacial score (nSPS) is 11.3. The van der Waals surface area contributed by atoms with E-state index in [2.05, 4.69) is 15.2 Å². The number of fused-ring (bicyclic) bond motifs is 1. The second-order valence-corrected chi connectivity index (χ2v) is 7.78. The van der Waals surface area contributed by atoms with Gasteiger partial charge in [0.05, 0.1) is 17.1 Å². The number of rotatable bonds is 4. The van der Waals surface area contributed by atoms with Crippen LogP contribution in [-0.4, -0.2) is 26.6 Å². The third-order valence-corrected chi connectivity index (χ3v) is 4.01. The quantitative estimate of drug-likeness (QED) is 0.417. The predicted octanol–water partition coefficient (Wildman–Crippen LogP) is 5.42. The summed E-state index contributed by atoms with van der Waals surface area (Å²) in [6.07, 6.45) is 0. The van der Waals surface area contributed by atoms with Gasteiger partial charge < -0.3 is 9.47 Å². The van der Waals surface area contributed by atoms with Gasteiger partial charge in [0.15, 0.2) is 17.0 Å². The molecule has 0 aliphatic heterocycles. The Balaban J connectivity index is 1.95. The first-order chi connectivity index (χ1) is 13.2. The Morgan fingerprint density at radius 3 is 2.68 bits per heavy atom. The molecule has 144 valence electrons. The number of ether oxygens (including phenoxy) is 2. The van der Waals surface area contributed by atoms with Gasteiger partial charge in [-0.25, -0.2) is 9.53 Å². The maximum atomic E-state index is 12.1. The highest BCUT2D eigenvalue weighted by Gasteiger charge is 2.20. The average molecular weight is 419 g/mol. The van der Waals surface area contributed by atoms with Gasteiger partial charge in [0, 0.05) is 5.02 Å². The number of hydrogen-bond donors (Lipinski definition) is 0. The van der Waals surface area contributed by atoms with Crippen molar-refractivity contribution < 1.29 is 14.3 Å². The van der Waals surface area contributed by atoms with Crippen molar-refractivity contribution in [2.24, 2.45) is 0 Å². The highest BCUT2D eigenvalue weighted by Crippen LogP contribution is 2.37. The van der Waals surface area contributed by atoms with Crippen molar-refractivity contribution in [2.45, 2.75) is 32.9 Å². The van der Waals surface area contributed by atoms with Crippen molar-refractivity contribution in [3.05, 3.63) is 51.8 Å². The SMILES string of the molecule is [C-]#[N+]c1cc(Cl)cc(Oc2c(Cl)ccc3c2nnn3CC(=O)OC(C)(C)C)c1. The number of benzene rings is 2. The molecule has 0 aliphatic carbocycles. The van der Waals surface area contributed by atoms with Crippen molar-refractivity contribution >= 4 is 45.9 Å². The van der Waals surface area contributed by atoms with Crippen LogP contribution in [0.25, 0.3) is 15.9 Å². The molecule has 9 heteroatoms. The van der Waals surface area contributed by atoms with E-state index in [0.29, 0.717) is 32.5 Å². The number of hydrogen-bond acceptors (Lipinski definition) is 5. The van der Waals surface area contributed by atoms with Crippen LogP contribution in [0.4, 0.5) is 5.69 Å². The van der Waals surface area contributed by atoms with Gasteiger partial charge in [0.25, 0.3) is 0 Å². The molecule has 0 fully saturated rings. The van der Waals surface area contributed by atoms with E-state index in [4.69, 9.17) is 39.2 Å². The zero-order chi connectivity index (χ0) is 20.5. The molecule has 7 nitrogen and oxygen atoms in total. The summed E-state index contributed by atoms with van der Waals surface area (Å²) in [5.41, 5.74) is 0.663. The Morgan fingerprint density at radius 1 is 1.25 bits per heavy atom. The van der Waals surface area contributed by atoms with E-state index in [0.717, 1.165) is 0 Å². The lowest BCUT2D eigenvalue weighted by Crippen LogP contribution is -2.26. The first-order valence-corrected chi connectivity index (χ1v) is 9.01. The third kappa shape index (κ3) is 4.53. The monoisotopic (exact) mass is 418 g/mol. The van der Waals surface area contributed by atoms with E-state index >= 15 is 0 Å². The van der Waals surface area contributed by atoms with Crippen LogP contribution < -0.4 is 4.74 Å². The van der Waals surface area contributed by atoms with Crippen molar-refractivity contribution in [3.63, 3.8) is 0 Å². The van der Waals surface area contributed by atoms with E-state index in [-0.39, 0.29) is 12.3 Å². The summed E-state index contributed by atoms with van der Waals surface area (Å²) in [4.78, 5) is 15.5. The number of carbonyl (C=O) groups is 1. The van der Waals surface area contributed by atoms with Crippen LogP contribution >= 0.6 is 23.2 Å². The van der Waals surface area contributed by atoms with Crippen molar-refractivity contribution in [1.82, 2.24) is 15.0 Å². The van der Waals surface area contributed by atoms with Gasteiger partial charge >= 0.3 is 5.97 Å². The predicted molar refractivity (Wildman–Crippen MR) is 106 cm³/mol. The van der Waals surface area contributed by atoms with Gasteiger partial charge in [-0.2, -0.15) is 0 Å². The van der Waals surface area contributed by atoms with Gasteiger partial charge in [0.1, 0.15) is 17.9 Å². The molecule has 0 unspecified atom stereocenters. The van der Waals surface area contributed by atoms with Crippen LogP contribution in [0.1, 0.15) is 20.8 Å². The molecular formula is C19H16Cl2N4O3. The lowest BCUT2D eigenvalue weighted by atomic mass is 10.2. The fraction of sp³-hybridized carbons (Fsp3) is 0.263. The Kier molecular flexibility index (Phi) is 5.45. The van der Waals surface area contributed by atoms with Crippen LogP contribution in [0.3, 0.4) is 0 Å². The molecule has 0 aliphatic rings. The molecule has 0 spiro atoms. The molecule has 0 amide bonds. The molecule has 0 radical (unpaired) electrons. The zero-order valence-corrected chi connectivity index (χ0v) is 16.9. The number of aromatic nitrogens is 3. The molecule has 0 saturated heterocycles. The molecular weight excluding hydrogens is 403 g/mol. The van der Waals surface area contributed by atoms with Crippen LogP contribution in [-0.2, 0) is 16.1 Å². The smallest absolute Gasteiger partial charge is 0.328 e. The minimum Gasteiger partial charge on any atom is -0.459 e. The maximum absolute atomic E-state index is 12.1. The second kappa shape index (κ2) is 7.66. The summed E-state index contributed by atoms with van der Waals surface area (Å²) in [7, 11) is 0. The van der Waals surface area contributed by atoms with E-state index in [9.17, 15) is 4.79 Å². The summed E-state index contributed by atoms with van der Waals surface area (Å²) in [5, 5.41) is 8.77. The first-order valence-electron chi connectivity index (χ1n) is 8.26. The lowest BCUT2D eigenvalue weighted by molar-refractivity contribution is -0.155. The lowest BCUT2D eigenvalue weighted by Gasteiger charge is -2.19. The average Bonchev–Trinajstić information content (AvgIpc) is 2.98. The zero-order valence-electron chi connectivity index (χ0n) is 15.4. The third-order valence-electron chi connectivity index (χ3n) is 3.50. The van der Waals surface area contributed by atoms with E-state index in [1.807, 2.05) is 0 Å². The van der Waals surface area contributed by atoms with Crippen molar-refractivity contribution in [1.29, 1.82) is 0 Å². The maximum Gasteiger partial charge on any atom is 0.328 e. The summed E-state index contributed by atoms with van der Waals surface area (Å²) in [6.45, 7) is 12.4. The van der Waals surface area contributed by atoms with E-state index < -0.39 is 11.6 Å². The van der Waals surface area contributed by atoms with Crippen molar-refractivity contribution in [2.75, 3.05) is 0 Å². The van der Waals surface area contributed by atoms with Gasteiger partial charge in [-0.15, -0.1) is 5.10 Å². The first kappa shape index (κ1) is 19.9. The Morgan fingerprint density at radius 2 is 2.00 bits per heavy atom. The molecule has 1 aromatic heterocycles. The van der Waals surface area contributed by atoms with Crippen molar-refractivity contribution in [3.8, 4) is 11.5 Å². The fourth-order valence-corrected chi connectivity index (χ4v) is 2.90. The largest absolute Gasteiger partial charge is 0.459 e. The molecule has 0 atom stereocenters. The molecule has 0 bridgehead atoms. The molecule has 28 heavy (non-hydrogen) atoms. The minimum atomic E-state index is -0.599. The molecule has 0 N–H and O–H groups in total. The number of esters is 1. The van der Waals surface area contributed by atoms with Crippen LogP contribution in [0.15, 0.2) is 30.3 Å². The van der Waals surface area contributed by atoms with E-state index in [1.54, 1.807) is 45.0 Å². The minimum absolute atomic E-state index is 0.103. The summed E-state index contributed by atoms with van der Waals surface area (Å²) < 4.78 is 12.6. The summed E-state index contributed by atoms with van der Waals surface area (Å²) in [6, 6.07) is 7.95. The molecule has 3 rings (SSSR count). The molecule has 0 saturated carbocycles. The Hall–Kier alpha value is -2.82. The summed E-state index contributed by atoms with van der Waals surface area (Å²) >= 11 is 12.3. The van der Waals surface area contributed by atoms with Crippen LogP contribution in [0.2, 0.25) is 10.0 Å². The van der Waals surface area contributed by atoms with Gasteiger partial charge in [-0.05, 0) is 51.1 Å². The number of carbonyl (C=O) groups excluding carboxylic acids is 1. The standard InChI is InChI=1S/C19H16Cl2N4O3/c1-19(2,3)28-16(26)10-25-15-6-5-14(21)18(17(15)23-24-25)27-13-8-11(20)7-12(9-13)22-4/h5-9H,10H2,1-3H3. The Bertz CT molecular complexity index is 1100. The molecule has 1 heterocycles. The van der Waals surface area contributed by atoms with Gasteiger partial charge in [0.2, 0.25) is 0 Å². The fourth-order valence-electron chi connectivity index (χ4n) is 2.49. The highest BCUT2D eigenvalue weighted by atomic mass is 35.5. The van der Waals surface area contributed by atoms with Gasteiger partial charge in [-0.1, -0.05) is 28.4 Å². The second-order valence-electron chi connectivity index (χ2n) is 6.94. The molecule has 3 aromatic rings. The molecule has 2 aromatic carbocycles. The highest BCUT2D eigenvalue weighted by molar-refractivity contribution is 6.33. The van der Waals surface area contributed by atoms with E-state index in [1.165, 1.54) is 10.7 Å². The van der Waals surface area contributed by atoms with Gasteiger partial charge in [-0.3, -0.25) is 4.79 Å².